The Morgan fingerprint density at radius 1 is 1.53 bits per heavy atom. The topological polar surface area (TPSA) is 29.1 Å². The van der Waals surface area contributed by atoms with E-state index in [4.69, 9.17) is 11.6 Å². The number of rotatable bonds is 5. The van der Waals surface area contributed by atoms with Crippen LogP contribution >= 0.6 is 11.6 Å². The van der Waals surface area contributed by atoms with E-state index in [9.17, 15) is 9.18 Å². The molecule has 0 aliphatic carbocycles. The lowest BCUT2D eigenvalue weighted by Gasteiger charge is -2.03. The van der Waals surface area contributed by atoms with E-state index in [0.29, 0.717) is 23.6 Å². The van der Waals surface area contributed by atoms with Crippen molar-refractivity contribution in [3.63, 3.8) is 0 Å². The highest BCUT2D eigenvalue weighted by atomic mass is 35.5. The van der Waals surface area contributed by atoms with Gasteiger partial charge in [-0.05, 0) is 30.8 Å². The molecular weight excluding hydrogens is 217 g/mol. The number of hydrogen-bond donors (Lipinski definition) is 1. The Kier molecular flexibility index (Phi) is 4.72. The monoisotopic (exact) mass is 229 g/mol. The van der Waals surface area contributed by atoms with Crippen LogP contribution in [0, 0.1) is 5.82 Å². The molecule has 4 heteroatoms. The average molecular weight is 230 g/mol. The van der Waals surface area contributed by atoms with Crippen molar-refractivity contribution in [2.45, 2.75) is 12.8 Å². The molecule has 0 unspecified atom stereocenters. The third kappa shape index (κ3) is 3.98. The van der Waals surface area contributed by atoms with E-state index in [2.05, 4.69) is 5.32 Å². The molecule has 1 rings (SSSR count). The highest BCUT2D eigenvalue weighted by Gasteiger charge is 2.07. The lowest BCUT2D eigenvalue weighted by Crippen LogP contribution is -2.14. The van der Waals surface area contributed by atoms with E-state index in [1.807, 2.05) is 0 Å². The van der Waals surface area contributed by atoms with E-state index in [1.54, 1.807) is 7.05 Å². The minimum atomic E-state index is -0.365. The van der Waals surface area contributed by atoms with E-state index < -0.39 is 0 Å². The summed E-state index contributed by atoms with van der Waals surface area (Å²) in [5.74, 6) is -0.312. The second-order valence-corrected chi connectivity index (χ2v) is 3.71. The summed E-state index contributed by atoms with van der Waals surface area (Å²) in [6.45, 7) is 0.631. The van der Waals surface area contributed by atoms with Crippen molar-refractivity contribution in [2.24, 2.45) is 0 Å². The second-order valence-electron chi connectivity index (χ2n) is 3.30. The van der Waals surface area contributed by atoms with Crippen molar-refractivity contribution in [1.82, 2.24) is 5.32 Å². The highest BCUT2D eigenvalue weighted by molar-refractivity contribution is 6.31. The van der Waals surface area contributed by atoms with Gasteiger partial charge >= 0.3 is 0 Å². The lowest BCUT2D eigenvalue weighted by molar-refractivity contribution is -0.118. The summed E-state index contributed by atoms with van der Waals surface area (Å²) in [7, 11) is 1.78. The molecule has 0 atom stereocenters. The second kappa shape index (κ2) is 5.83. The molecule has 0 fully saturated rings. The van der Waals surface area contributed by atoms with Crippen molar-refractivity contribution in [1.29, 1.82) is 0 Å². The van der Waals surface area contributed by atoms with Gasteiger partial charge in [-0.1, -0.05) is 11.6 Å². The van der Waals surface area contributed by atoms with E-state index >= 15 is 0 Å². The maximum Gasteiger partial charge on any atom is 0.138 e. The van der Waals surface area contributed by atoms with Gasteiger partial charge in [0.05, 0.1) is 0 Å². The van der Waals surface area contributed by atoms with Gasteiger partial charge in [-0.25, -0.2) is 4.39 Å². The van der Waals surface area contributed by atoms with Crippen LogP contribution in [-0.4, -0.2) is 19.4 Å². The largest absolute Gasteiger partial charge is 0.319 e. The molecule has 0 saturated heterocycles. The first kappa shape index (κ1) is 12.1. The summed E-state index contributed by atoms with van der Waals surface area (Å²) in [5.41, 5.74) is 0.553. The smallest absolute Gasteiger partial charge is 0.138 e. The fraction of sp³-hybridized carbons (Fsp3) is 0.364. The molecule has 82 valence electrons. The van der Waals surface area contributed by atoms with Gasteiger partial charge in [0.25, 0.3) is 0 Å². The Morgan fingerprint density at radius 2 is 2.27 bits per heavy atom. The van der Waals surface area contributed by atoms with Gasteiger partial charge < -0.3 is 5.32 Å². The maximum absolute atomic E-state index is 12.9. The first-order valence-electron chi connectivity index (χ1n) is 4.73. The van der Waals surface area contributed by atoms with Gasteiger partial charge in [0.2, 0.25) is 0 Å². The van der Waals surface area contributed by atoms with Gasteiger partial charge in [-0.3, -0.25) is 4.79 Å². The fourth-order valence-corrected chi connectivity index (χ4v) is 1.43. The van der Waals surface area contributed by atoms with E-state index in [0.717, 1.165) is 0 Å². The predicted molar refractivity (Wildman–Crippen MR) is 58.7 cm³/mol. The first-order valence-corrected chi connectivity index (χ1v) is 5.11. The van der Waals surface area contributed by atoms with Crippen LogP contribution in [-0.2, 0) is 11.2 Å². The Balaban J connectivity index is 2.63. The molecule has 0 aliphatic rings. The third-order valence-corrected chi connectivity index (χ3v) is 2.42. The number of Topliss-reactive ketones (excluding diaryl/α,β-unsaturated/α-hetero) is 1. The zero-order valence-electron chi connectivity index (χ0n) is 8.52. The normalized spacial score (nSPS) is 10.3. The van der Waals surface area contributed by atoms with Crippen molar-refractivity contribution >= 4 is 17.4 Å². The van der Waals surface area contributed by atoms with Crippen LogP contribution in [0.25, 0.3) is 0 Å². The molecule has 2 nitrogen and oxygen atoms in total. The Bertz CT molecular complexity index is 354. The molecule has 1 aromatic carbocycles. The molecule has 0 aromatic heterocycles. The molecule has 0 saturated carbocycles. The Morgan fingerprint density at radius 3 is 2.93 bits per heavy atom. The highest BCUT2D eigenvalue weighted by Crippen LogP contribution is 2.18. The number of benzene rings is 1. The maximum atomic E-state index is 12.9. The van der Waals surface area contributed by atoms with Crippen molar-refractivity contribution in [3.05, 3.63) is 34.6 Å². The first-order chi connectivity index (χ1) is 7.13. The number of nitrogens with one attached hydrogen (secondary N) is 1. The summed E-state index contributed by atoms with van der Waals surface area (Å²) < 4.78 is 12.9. The standard InChI is InChI=1S/C11H13ClFNO/c1-14-5-4-10(15)7-8-6-9(13)2-3-11(8)12/h2-3,6,14H,4-5,7H2,1H3. The number of carbonyl (C=O) groups excluding carboxylic acids is 1. The molecule has 0 heterocycles. The SMILES string of the molecule is CNCCC(=O)Cc1cc(F)ccc1Cl. The molecule has 15 heavy (non-hydrogen) atoms. The van der Waals surface area contributed by atoms with Crippen molar-refractivity contribution in [3.8, 4) is 0 Å². The van der Waals surface area contributed by atoms with Gasteiger partial charge in [0.15, 0.2) is 0 Å². The van der Waals surface area contributed by atoms with Gasteiger partial charge in [0, 0.05) is 24.4 Å². The van der Waals surface area contributed by atoms with Crippen LogP contribution in [0.2, 0.25) is 5.02 Å². The molecule has 1 N–H and O–H groups in total. The molecule has 0 bridgehead atoms. The summed E-state index contributed by atoms with van der Waals surface area (Å²) in [5, 5.41) is 3.32. The molecule has 0 aliphatic heterocycles. The molecule has 1 aromatic rings. The van der Waals surface area contributed by atoms with Crippen LogP contribution in [0.5, 0.6) is 0 Å². The van der Waals surface area contributed by atoms with Crippen LogP contribution in [0.3, 0.4) is 0 Å². The molecule has 0 amide bonds. The molecule has 0 spiro atoms. The van der Waals surface area contributed by atoms with Crippen molar-refractivity contribution in [2.75, 3.05) is 13.6 Å². The van der Waals surface area contributed by atoms with Gasteiger partial charge in [0.1, 0.15) is 11.6 Å². The van der Waals surface area contributed by atoms with E-state index in [-0.39, 0.29) is 18.0 Å². The van der Waals surface area contributed by atoms with Crippen LogP contribution in [0.4, 0.5) is 4.39 Å². The predicted octanol–water partition coefficient (Wildman–Crippen LogP) is 2.20. The van der Waals surface area contributed by atoms with Crippen LogP contribution in [0.15, 0.2) is 18.2 Å². The number of hydrogen-bond acceptors (Lipinski definition) is 2. The summed E-state index contributed by atoms with van der Waals surface area (Å²) in [4.78, 5) is 11.4. The Labute approximate surface area is 93.4 Å². The van der Waals surface area contributed by atoms with Gasteiger partial charge in [-0.15, -0.1) is 0 Å². The summed E-state index contributed by atoms with van der Waals surface area (Å²) in [6.07, 6.45) is 0.627. The minimum absolute atomic E-state index is 0.0526. The summed E-state index contributed by atoms with van der Waals surface area (Å²) in [6, 6.07) is 4.06. The lowest BCUT2D eigenvalue weighted by atomic mass is 10.1. The summed E-state index contributed by atoms with van der Waals surface area (Å²) >= 11 is 5.84. The Hall–Kier alpha value is -0.930. The minimum Gasteiger partial charge on any atom is -0.319 e. The molecule has 0 radical (unpaired) electrons. The zero-order chi connectivity index (χ0) is 11.3. The zero-order valence-corrected chi connectivity index (χ0v) is 9.27. The van der Waals surface area contributed by atoms with Crippen molar-refractivity contribution < 1.29 is 9.18 Å². The fourth-order valence-electron chi connectivity index (χ4n) is 1.24. The van der Waals surface area contributed by atoms with Crippen LogP contribution < -0.4 is 5.32 Å². The van der Waals surface area contributed by atoms with Gasteiger partial charge in [-0.2, -0.15) is 0 Å². The number of ketones is 1. The van der Waals surface area contributed by atoms with Crippen LogP contribution in [0.1, 0.15) is 12.0 Å². The third-order valence-electron chi connectivity index (χ3n) is 2.05. The average Bonchev–Trinajstić information content (AvgIpc) is 2.20. The molecular formula is C11H13ClFNO. The number of halogens is 2. The number of carbonyl (C=O) groups is 1. The van der Waals surface area contributed by atoms with E-state index in [1.165, 1.54) is 18.2 Å². The quantitative estimate of drug-likeness (QED) is 0.839.